The Morgan fingerprint density at radius 1 is 0.486 bits per heavy atom. The van der Waals surface area contributed by atoms with E-state index >= 15 is 0 Å². The van der Waals surface area contributed by atoms with Gasteiger partial charge in [0.15, 0.2) is 0 Å². The van der Waals surface area contributed by atoms with Crippen molar-refractivity contribution in [2.75, 3.05) is 0 Å². The molecule has 0 aliphatic carbocycles. The first-order valence-corrected chi connectivity index (χ1v) is 11.9. The van der Waals surface area contributed by atoms with Crippen LogP contribution in [0.5, 0.6) is 0 Å². The molecule has 0 saturated heterocycles. The molecule has 0 unspecified atom stereocenters. The number of rotatable bonds is 4. The summed E-state index contributed by atoms with van der Waals surface area (Å²) in [5.74, 6) is 0. The van der Waals surface area contributed by atoms with E-state index in [-0.39, 0.29) is 0 Å². The molecule has 2 heterocycles. The summed E-state index contributed by atoms with van der Waals surface area (Å²) in [4.78, 5) is 0. The molecule has 5 aromatic rings. The minimum absolute atomic E-state index is 0.660. The number of allylic oxidation sites excluding steroid dienone is 2. The van der Waals surface area contributed by atoms with Gasteiger partial charge in [-0.2, -0.15) is 5.10 Å². The molecule has 1 aliphatic heterocycles. The monoisotopic (exact) mass is 450 g/mol. The molecular formula is C33H26N2. The van der Waals surface area contributed by atoms with Crippen molar-refractivity contribution in [2.24, 2.45) is 0 Å². The number of benzene rings is 4. The molecule has 0 radical (unpaired) electrons. The minimum Gasteiger partial charge on any atom is -0.237 e. The van der Waals surface area contributed by atoms with E-state index in [1.54, 1.807) is 0 Å². The first kappa shape index (κ1) is 21.1. The Bertz CT molecular complexity index is 1420. The van der Waals surface area contributed by atoms with E-state index < -0.39 is 10.8 Å². The van der Waals surface area contributed by atoms with Gasteiger partial charge >= 0.3 is 0 Å². The molecule has 0 atom stereocenters. The van der Waals surface area contributed by atoms with Gasteiger partial charge in [-0.1, -0.05) is 134 Å². The topological polar surface area (TPSA) is 17.8 Å². The van der Waals surface area contributed by atoms with Crippen molar-refractivity contribution in [1.82, 2.24) is 9.78 Å². The number of aromatic nitrogens is 2. The van der Waals surface area contributed by atoms with E-state index in [0.29, 0.717) is 0 Å². The van der Waals surface area contributed by atoms with Crippen LogP contribution in [0, 0.1) is 0 Å². The largest absolute Gasteiger partial charge is 0.237 e. The second-order valence-electron chi connectivity index (χ2n) is 9.02. The second kappa shape index (κ2) is 8.11. The molecule has 4 aromatic carbocycles. The van der Waals surface area contributed by atoms with Crippen LogP contribution in [0.15, 0.2) is 152 Å². The fourth-order valence-electron chi connectivity index (χ4n) is 6.16. The van der Waals surface area contributed by atoms with Crippen LogP contribution in [-0.4, -0.2) is 9.78 Å². The summed E-state index contributed by atoms with van der Waals surface area (Å²) >= 11 is 0. The Morgan fingerprint density at radius 3 is 1.26 bits per heavy atom. The fraction of sp³-hybridized carbons (Fsp3) is 0.0606. The van der Waals surface area contributed by atoms with Gasteiger partial charge in [0.25, 0.3) is 0 Å². The van der Waals surface area contributed by atoms with Gasteiger partial charge in [0.1, 0.15) is 0 Å². The molecule has 0 N–H and O–H groups in total. The van der Waals surface area contributed by atoms with Gasteiger partial charge < -0.3 is 0 Å². The highest BCUT2D eigenvalue weighted by Crippen LogP contribution is 2.63. The normalized spacial score (nSPS) is 16.0. The Labute approximate surface area is 206 Å². The van der Waals surface area contributed by atoms with Crippen LogP contribution in [-0.2, 0) is 10.8 Å². The van der Waals surface area contributed by atoms with E-state index in [9.17, 15) is 0 Å². The van der Waals surface area contributed by atoms with E-state index in [4.69, 9.17) is 11.7 Å². The average Bonchev–Trinajstić information content (AvgIpc) is 3.43. The van der Waals surface area contributed by atoms with Gasteiger partial charge in [-0.3, -0.25) is 0 Å². The van der Waals surface area contributed by atoms with Crippen LogP contribution in [0.1, 0.15) is 27.9 Å². The average molecular weight is 451 g/mol. The molecule has 168 valence electrons. The Balaban J connectivity index is 1.92. The van der Waals surface area contributed by atoms with E-state index in [1.807, 2.05) is 10.9 Å². The van der Waals surface area contributed by atoms with Crippen molar-refractivity contribution in [3.05, 3.63) is 180 Å². The molecule has 0 bridgehead atoms. The predicted octanol–water partition coefficient (Wildman–Crippen LogP) is 7.24. The lowest BCUT2D eigenvalue weighted by molar-refractivity contribution is 0.383. The lowest BCUT2D eigenvalue weighted by Gasteiger charge is -2.56. The van der Waals surface area contributed by atoms with Gasteiger partial charge in [0.05, 0.1) is 22.2 Å². The maximum absolute atomic E-state index is 4.77. The minimum atomic E-state index is -0.675. The number of fused-ring (bicyclic) bond motifs is 1. The molecule has 1 aliphatic rings. The van der Waals surface area contributed by atoms with Crippen molar-refractivity contribution in [2.45, 2.75) is 10.8 Å². The van der Waals surface area contributed by atoms with Gasteiger partial charge in [-0.25, -0.2) is 4.68 Å². The number of hydrogen-bond acceptors (Lipinski definition) is 1. The van der Waals surface area contributed by atoms with Crippen LogP contribution in [0.3, 0.4) is 0 Å². The molecule has 0 spiro atoms. The summed E-state index contributed by atoms with van der Waals surface area (Å²) in [5, 5.41) is 4.74. The van der Waals surface area contributed by atoms with Gasteiger partial charge in [-0.05, 0) is 33.9 Å². The SMILES string of the molecule is C=C1C(=C)C(c2ccccc2)(c2ccccc2)C(c2ccccc2)(c2ccccc2)c2ccnn21. The fourth-order valence-corrected chi connectivity index (χ4v) is 6.16. The third kappa shape index (κ3) is 2.74. The van der Waals surface area contributed by atoms with Gasteiger partial charge in [-0.15, -0.1) is 0 Å². The maximum Gasteiger partial charge on any atom is 0.0803 e. The molecule has 1 aromatic heterocycles. The Morgan fingerprint density at radius 2 is 0.857 bits per heavy atom. The second-order valence-corrected chi connectivity index (χ2v) is 9.02. The zero-order valence-electron chi connectivity index (χ0n) is 19.5. The predicted molar refractivity (Wildman–Crippen MR) is 143 cm³/mol. The lowest BCUT2D eigenvalue weighted by atomic mass is 9.46. The van der Waals surface area contributed by atoms with E-state index in [0.717, 1.165) is 28.1 Å². The summed E-state index contributed by atoms with van der Waals surface area (Å²) < 4.78 is 1.98. The highest BCUT2D eigenvalue weighted by Gasteiger charge is 2.62. The molecule has 35 heavy (non-hydrogen) atoms. The summed E-state index contributed by atoms with van der Waals surface area (Å²) in [7, 11) is 0. The molecule has 0 fully saturated rings. The van der Waals surface area contributed by atoms with Gasteiger partial charge in [0.2, 0.25) is 0 Å². The molecule has 2 nitrogen and oxygen atoms in total. The van der Waals surface area contributed by atoms with Crippen LogP contribution in [0.25, 0.3) is 5.70 Å². The van der Waals surface area contributed by atoms with Crippen LogP contribution in [0.2, 0.25) is 0 Å². The highest BCUT2D eigenvalue weighted by atomic mass is 15.3. The number of hydrogen-bond donors (Lipinski definition) is 0. The molecule has 0 amide bonds. The zero-order chi connectivity index (χ0) is 23.9. The Hall–Kier alpha value is -4.43. The number of nitrogens with zero attached hydrogens (tertiary/aromatic N) is 2. The summed E-state index contributed by atoms with van der Waals surface area (Å²) in [6, 6.07) is 45.1. The van der Waals surface area contributed by atoms with Crippen LogP contribution in [0.4, 0.5) is 0 Å². The van der Waals surface area contributed by atoms with E-state index in [2.05, 4.69) is 134 Å². The van der Waals surface area contributed by atoms with Crippen molar-refractivity contribution >= 4 is 5.70 Å². The zero-order valence-corrected chi connectivity index (χ0v) is 19.5. The summed E-state index contributed by atoms with van der Waals surface area (Å²) in [5.41, 5.74) is 6.15. The third-order valence-electron chi connectivity index (χ3n) is 7.47. The molecule has 0 saturated carbocycles. The standard InChI is InChI=1S/C33H26N2/c1-25-26(2)35-31(23-24-34-35)33(29-19-11-5-12-20-29,30-21-13-6-14-22-30)32(25,27-15-7-3-8-16-27)28-17-9-4-10-18-28/h3-24H,1-2H2. The summed E-state index contributed by atoms with van der Waals surface area (Å²) in [6.45, 7) is 9.27. The Kier molecular flexibility index (Phi) is 4.89. The third-order valence-corrected chi connectivity index (χ3v) is 7.47. The van der Waals surface area contributed by atoms with Crippen molar-refractivity contribution in [1.29, 1.82) is 0 Å². The first-order valence-electron chi connectivity index (χ1n) is 11.9. The van der Waals surface area contributed by atoms with Crippen LogP contribution < -0.4 is 0 Å². The van der Waals surface area contributed by atoms with Crippen molar-refractivity contribution in [3.8, 4) is 0 Å². The maximum atomic E-state index is 4.77. The molecule has 6 rings (SSSR count). The molecule has 2 heteroatoms. The van der Waals surface area contributed by atoms with Crippen molar-refractivity contribution < 1.29 is 0 Å². The van der Waals surface area contributed by atoms with E-state index in [1.165, 1.54) is 11.1 Å². The first-order chi connectivity index (χ1) is 17.2. The lowest BCUT2D eigenvalue weighted by Crippen LogP contribution is -2.56. The smallest absolute Gasteiger partial charge is 0.0803 e. The van der Waals surface area contributed by atoms with Gasteiger partial charge in [0, 0.05) is 6.20 Å². The quantitative estimate of drug-likeness (QED) is 0.282. The highest BCUT2D eigenvalue weighted by molar-refractivity contribution is 5.80. The van der Waals surface area contributed by atoms with Crippen LogP contribution >= 0.6 is 0 Å². The molecular weight excluding hydrogens is 424 g/mol. The summed E-state index contributed by atoms with van der Waals surface area (Å²) in [6.07, 6.45) is 1.88. The van der Waals surface area contributed by atoms with Crippen molar-refractivity contribution in [3.63, 3.8) is 0 Å².